The van der Waals surface area contributed by atoms with Crippen molar-refractivity contribution in [3.05, 3.63) is 59.7 Å². The molecule has 9 heteroatoms. The number of nitrogens with one attached hydrogen (secondary N) is 4. The fourth-order valence-electron chi connectivity index (χ4n) is 2.52. The van der Waals surface area contributed by atoms with Crippen molar-refractivity contribution in [2.75, 3.05) is 30.3 Å². The SMILES string of the molecule is CCOC(CNC(=O)Nc1cccc(C#N)c1)CNC(=O)Nc1cccc(C#N)c1. The van der Waals surface area contributed by atoms with Crippen molar-refractivity contribution in [1.82, 2.24) is 10.6 Å². The number of benzene rings is 2. The number of nitrogens with zero attached hydrogens (tertiary/aromatic N) is 2. The van der Waals surface area contributed by atoms with E-state index < -0.39 is 18.2 Å². The highest BCUT2D eigenvalue weighted by Crippen LogP contribution is 2.10. The van der Waals surface area contributed by atoms with Crippen molar-refractivity contribution >= 4 is 23.4 Å². The normalized spacial score (nSPS) is 9.87. The Balaban J connectivity index is 1.80. The summed E-state index contributed by atoms with van der Waals surface area (Å²) in [6.07, 6.45) is -0.442. The van der Waals surface area contributed by atoms with Crippen LogP contribution in [0.3, 0.4) is 0 Å². The standard InChI is InChI=1S/C21H22N6O3/c1-2-30-19(13-24-20(28)26-17-7-3-5-15(9-17)11-22)14-25-21(29)27-18-8-4-6-16(10-18)12-23/h3-10,19H,2,13-14H2,1H3,(H2,24,26,28)(H2,25,27,29). The molecule has 0 aliphatic rings. The first kappa shape index (κ1) is 22.2. The van der Waals surface area contributed by atoms with Gasteiger partial charge >= 0.3 is 12.1 Å². The molecule has 0 saturated heterocycles. The first-order chi connectivity index (χ1) is 14.5. The molecule has 0 atom stereocenters. The molecular weight excluding hydrogens is 384 g/mol. The summed E-state index contributed by atoms with van der Waals surface area (Å²) < 4.78 is 5.55. The molecule has 0 unspecified atom stereocenters. The second kappa shape index (κ2) is 11.7. The topological polar surface area (TPSA) is 139 Å². The Kier molecular flexibility index (Phi) is 8.66. The van der Waals surface area contributed by atoms with Gasteiger partial charge in [0.25, 0.3) is 0 Å². The van der Waals surface area contributed by atoms with Gasteiger partial charge in [0.15, 0.2) is 0 Å². The fourth-order valence-corrected chi connectivity index (χ4v) is 2.52. The number of rotatable bonds is 8. The minimum absolute atomic E-state index is 0.168. The highest BCUT2D eigenvalue weighted by atomic mass is 16.5. The summed E-state index contributed by atoms with van der Waals surface area (Å²) in [6, 6.07) is 16.2. The van der Waals surface area contributed by atoms with Crippen LogP contribution in [0.2, 0.25) is 0 Å². The number of nitriles is 2. The molecule has 0 saturated carbocycles. The monoisotopic (exact) mass is 406 g/mol. The number of ether oxygens (including phenoxy) is 1. The van der Waals surface area contributed by atoms with E-state index in [0.29, 0.717) is 29.1 Å². The molecule has 154 valence electrons. The number of urea groups is 2. The van der Waals surface area contributed by atoms with E-state index in [0.717, 1.165) is 0 Å². The lowest BCUT2D eigenvalue weighted by Gasteiger charge is -2.19. The van der Waals surface area contributed by atoms with Gasteiger partial charge in [-0.15, -0.1) is 0 Å². The van der Waals surface area contributed by atoms with Crippen molar-refractivity contribution in [2.24, 2.45) is 0 Å². The van der Waals surface area contributed by atoms with E-state index in [-0.39, 0.29) is 13.1 Å². The predicted octanol–water partition coefficient (Wildman–Crippen LogP) is 2.78. The number of carbonyl (C=O) groups excluding carboxylic acids is 2. The maximum atomic E-state index is 12.1. The Labute approximate surface area is 174 Å². The van der Waals surface area contributed by atoms with Crippen LogP contribution in [0.25, 0.3) is 0 Å². The minimum atomic E-state index is -0.451. The van der Waals surface area contributed by atoms with E-state index in [9.17, 15) is 9.59 Å². The predicted molar refractivity (Wildman–Crippen MR) is 112 cm³/mol. The third-order valence-corrected chi connectivity index (χ3v) is 3.88. The number of hydrogen-bond acceptors (Lipinski definition) is 5. The zero-order valence-electron chi connectivity index (χ0n) is 16.4. The highest BCUT2D eigenvalue weighted by molar-refractivity contribution is 5.90. The zero-order valence-corrected chi connectivity index (χ0v) is 16.4. The van der Waals surface area contributed by atoms with Crippen LogP contribution in [-0.2, 0) is 4.74 Å². The first-order valence-electron chi connectivity index (χ1n) is 9.25. The van der Waals surface area contributed by atoms with Crippen LogP contribution in [0.5, 0.6) is 0 Å². The Morgan fingerprint density at radius 1 is 0.900 bits per heavy atom. The Bertz CT molecular complexity index is 888. The van der Waals surface area contributed by atoms with Gasteiger partial charge in [0, 0.05) is 31.1 Å². The van der Waals surface area contributed by atoms with Crippen molar-refractivity contribution in [2.45, 2.75) is 13.0 Å². The fraction of sp³-hybridized carbons (Fsp3) is 0.238. The quantitative estimate of drug-likeness (QED) is 0.534. The average Bonchev–Trinajstić information content (AvgIpc) is 2.76. The lowest BCUT2D eigenvalue weighted by molar-refractivity contribution is 0.0664. The molecule has 0 heterocycles. The molecule has 0 spiro atoms. The maximum Gasteiger partial charge on any atom is 0.319 e. The number of anilines is 2. The van der Waals surface area contributed by atoms with Crippen molar-refractivity contribution in [1.29, 1.82) is 10.5 Å². The first-order valence-corrected chi connectivity index (χ1v) is 9.25. The zero-order chi connectivity index (χ0) is 21.8. The third kappa shape index (κ3) is 7.50. The summed E-state index contributed by atoms with van der Waals surface area (Å²) in [5.41, 5.74) is 1.87. The van der Waals surface area contributed by atoms with E-state index in [1.807, 2.05) is 19.1 Å². The van der Waals surface area contributed by atoms with Crippen LogP contribution < -0.4 is 21.3 Å². The van der Waals surface area contributed by atoms with Crippen molar-refractivity contribution in [3.63, 3.8) is 0 Å². The van der Waals surface area contributed by atoms with Crippen LogP contribution in [0.1, 0.15) is 18.1 Å². The molecule has 9 nitrogen and oxygen atoms in total. The largest absolute Gasteiger partial charge is 0.375 e. The number of hydrogen-bond donors (Lipinski definition) is 4. The summed E-state index contributed by atoms with van der Waals surface area (Å²) in [5, 5.41) is 28.4. The van der Waals surface area contributed by atoms with Crippen LogP contribution in [0.4, 0.5) is 21.0 Å². The summed E-state index contributed by atoms with van der Waals surface area (Å²) in [6.45, 7) is 2.56. The van der Waals surface area contributed by atoms with Crippen LogP contribution in [-0.4, -0.2) is 37.9 Å². The van der Waals surface area contributed by atoms with Gasteiger partial charge < -0.3 is 26.0 Å². The van der Waals surface area contributed by atoms with Gasteiger partial charge in [-0.1, -0.05) is 12.1 Å². The molecule has 4 amide bonds. The molecule has 0 aliphatic carbocycles. The highest BCUT2D eigenvalue weighted by Gasteiger charge is 2.13. The molecule has 0 fully saturated rings. The Morgan fingerprint density at radius 3 is 1.77 bits per heavy atom. The summed E-state index contributed by atoms with van der Waals surface area (Å²) in [4.78, 5) is 24.1. The smallest absolute Gasteiger partial charge is 0.319 e. The van der Waals surface area contributed by atoms with Crippen molar-refractivity contribution < 1.29 is 14.3 Å². The second-order valence-corrected chi connectivity index (χ2v) is 6.13. The lowest BCUT2D eigenvalue weighted by Crippen LogP contribution is -2.43. The summed E-state index contributed by atoms with van der Waals surface area (Å²) in [5.74, 6) is 0. The summed E-state index contributed by atoms with van der Waals surface area (Å²) in [7, 11) is 0. The van der Waals surface area contributed by atoms with E-state index in [1.165, 1.54) is 0 Å². The molecule has 0 radical (unpaired) electrons. The molecule has 0 aliphatic heterocycles. The van der Waals surface area contributed by atoms with Gasteiger partial charge in [-0.2, -0.15) is 10.5 Å². The van der Waals surface area contributed by atoms with E-state index in [1.54, 1.807) is 48.5 Å². The van der Waals surface area contributed by atoms with Crippen LogP contribution >= 0.6 is 0 Å². The lowest BCUT2D eigenvalue weighted by atomic mass is 10.2. The van der Waals surface area contributed by atoms with Gasteiger partial charge in [0.05, 0.1) is 29.4 Å². The average molecular weight is 406 g/mol. The number of carbonyl (C=O) groups is 2. The molecule has 2 rings (SSSR count). The van der Waals surface area contributed by atoms with E-state index >= 15 is 0 Å². The number of amides is 4. The van der Waals surface area contributed by atoms with Gasteiger partial charge in [-0.3, -0.25) is 0 Å². The second-order valence-electron chi connectivity index (χ2n) is 6.13. The molecule has 30 heavy (non-hydrogen) atoms. The summed E-state index contributed by atoms with van der Waals surface area (Å²) >= 11 is 0. The van der Waals surface area contributed by atoms with Gasteiger partial charge in [0.1, 0.15) is 0 Å². The molecule has 0 bridgehead atoms. The third-order valence-electron chi connectivity index (χ3n) is 3.88. The van der Waals surface area contributed by atoms with Gasteiger partial charge in [-0.25, -0.2) is 9.59 Å². The maximum absolute atomic E-state index is 12.1. The Morgan fingerprint density at radius 2 is 1.37 bits per heavy atom. The molecular formula is C21H22N6O3. The molecule has 2 aromatic rings. The molecule has 2 aromatic carbocycles. The van der Waals surface area contributed by atoms with Gasteiger partial charge in [-0.05, 0) is 43.3 Å². The minimum Gasteiger partial charge on any atom is -0.375 e. The van der Waals surface area contributed by atoms with Gasteiger partial charge in [0.2, 0.25) is 0 Å². The van der Waals surface area contributed by atoms with E-state index in [4.69, 9.17) is 15.3 Å². The van der Waals surface area contributed by atoms with Crippen LogP contribution in [0.15, 0.2) is 48.5 Å². The Hall–Kier alpha value is -4.08. The van der Waals surface area contributed by atoms with Crippen molar-refractivity contribution in [3.8, 4) is 12.1 Å². The molecule has 0 aromatic heterocycles. The molecule has 4 N–H and O–H groups in total. The van der Waals surface area contributed by atoms with Crippen LogP contribution in [0, 0.1) is 22.7 Å². The van der Waals surface area contributed by atoms with E-state index in [2.05, 4.69) is 21.3 Å².